The largest absolute Gasteiger partial charge is 0.310 e. The first-order chi connectivity index (χ1) is 11.4. The molecule has 1 amide bonds. The van der Waals surface area contributed by atoms with Crippen LogP contribution in [0.3, 0.4) is 0 Å². The van der Waals surface area contributed by atoms with Gasteiger partial charge in [-0.05, 0) is 35.7 Å². The normalized spacial score (nSPS) is 26.0. The SMILES string of the molecule is Cc1nn([C@H]2CCS(=O)(=O)C2)c2c1[C@H](c1ccsc1)SCC(=O)N2. The van der Waals surface area contributed by atoms with E-state index >= 15 is 0 Å². The van der Waals surface area contributed by atoms with E-state index in [1.165, 1.54) is 0 Å². The summed E-state index contributed by atoms with van der Waals surface area (Å²) in [5.74, 6) is 1.24. The topological polar surface area (TPSA) is 81.1 Å². The van der Waals surface area contributed by atoms with Gasteiger partial charge in [0.15, 0.2) is 9.84 Å². The third-order valence-corrected chi connectivity index (χ3v) is 8.15. The number of amides is 1. The number of rotatable bonds is 2. The van der Waals surface area contributed by atoms with Gasteiger partial charge in [-0.2, -0.15) is 16.4 Å². The zero-order valence-corrected chi connectivity index (χ0v) is 15.5. The lowest BCUT2D eigenvalue weighted by atomic mass is 10.1. The number of aromatic nitrogens is 2. The Morgan fingerprint density at radius 3 is 2.92 bits per heavy atom. The third-order valence-electron chi connectivity index (χ3n) is 4.43. The standard InChI is InChI=1S/C15H17N3O3S3/c1-9-13-14(10-2-4-22-6-10)23-7-12(19)16-15(13)18(17-9)11-3-5-24(20,21)8-11/h2,4,6,11,14H,3,5,7-8H2,1H3,(H,16,19)/t11-,14-/m0/s1. The van der Waals surface area contributed by atoms with Crippen LogP contribution in [0.4, 0.5) is 5.82 Å². The fourth-order valence-corrected chi connectivity index (χ4v) is 6.97. The van der Waals surface area contributed by atoms with Crippen LogP contribution in [0.1, 0.15) is 34.5 Å². The number of aryl methyl sites for hydroxylation is 1. The van der Waals surface area contributed by atoms with E-state index in [2.05, 4.69) is 21.9 Å². The van der Waals surface area contributed by atoms with Crippen molar-refractivity contribution >= 4 is 44.7 Å². The molecule has 2 aromatic rings. The Labute approximate surface area is 148 Å². The van der Waals surface area contributed by atoms with E-state index in [0.717, 1.165) is 16.8 Å². The van der Waals surface area contributed by atoms with E-state index in [4.69, 9.17) is 0 Å². The van der Waals surface area contributed by atoms with Crippen LogP contribution in [-0.4, -0.2) is 41.4 Å². The average molecular weight is 384 g/mol. The van der Waals surface area contributed by atoms with Crippen molar-refractivity contribution in [3.05, 3.63) is 33.6 Å². The number of thioether (sulfide) groups is 1. The van der Waals surface area contributed by atoms with Crippen LogP contribution in [0.5, 0.6) is 0 Å². The third kappa shape index (κ3) is 2.78. The molecule has 0 unspecified atom stereocenters. The van der Waals surface area contributed by atoms with E-state index in [1.807, 2.05) is 12.3 Å². The molecule has 2 aliphatic heterocycles. The van der Waals surface area contributed by atoms with Crippen LogP contribution in [0.2, 0.25) is 0 Å². The summed E-state index contributed by atoms with van der Waals surface area (Å²) in [6, 6.07) is 1.86. The lowest BCUT2D eigenvalue weighted by Gasteiger charge is -2.15. The van der Waals surface area contributed by atoms with Crippen LogP contribution < -0.4 is 5.32 Å². The Morgan fingerprint density at radius 1 is 1.42 bits per heavy atom. The van der Waals surface area contributed by atoms with Crippen LogP contribution in [0.15, 0.2) is 16.8 Å². The first-order valence-corrected chi connectivity index (χ1v) is 11.5. The number of sulfone groups is 1. The van der Waals surface area contributed by atoms with Crippen molar-refractivity contribution in [3.63, 3.8) is 0 Å². The van der Waals surface area contributed by atoms with Crippen LogP contribution in [0.25, 0.3) is 0 Å². The van der Waals surface area contributed by atoms with Gasteiger partial charge in [-0.15, -0.1) is 11.8 Å². The maximum atomic E-state index is 12.2. The van der Waals surface area contributed by atoms with Crippen molar-refractivity contribution in [1.29, 1.82) is 0 Å². The minimum atomic E-state index is -3.02. The summed E-state index contributed by atoms with van der Waals surface area (Å²) in [7, 11) is -3.02. The molecule has 0 saturated carbocycles. The first-order valence-electron chi connectivity index (χ1n) is 7.67. The van der Waals surface area contributed by atoms with Crippen molar-refractivity contribution in [2.45, 2.75) is 24.6 Å². The van der Waals surface area contributed by atoms with Crippen LogP contribution >= 0.6 is 23.1 Å². The molecule has 4 heterocycles. The molecular weight excluding hydrogens is 366 g/mol. The highest BCUT2D eigenvalue weighted by atomic mass is 32.2. The van der Waals surface area contributed by atoms with Gasteiger partial charge in [-0.3, -0.25) is 4.79 Å². The minimum absolute atomic E-state index is 0.0389. The molecule has 0 bridgehead atoms. The second-order valence-electron chi connectivity index (χ2n) is 6.15. The first kappa shape index (κ1) is 16.2. The number of hydrogen-bond donors (Lipinski definition) is 1. The number of nitrogens with zero attached hydrogens (tertiary/aromatic N) is 2. The Balaban J connectivity index is 1.82. The Kier molecular flexibility index (Phi) is 3.97. The van der Waals surface area contributed by atoms with Gasteiger partial charge in [0, 0.05) is 5.56 Å². The summed E-state index contributed by atoms with van der Waals surface area (Å²) < 4.78 is 25.4. The molecular formula is C15H17N3O3S3. The van der Waals surface area contributed by atoms with E-state index in [9.17, 15) is 13.2 Å². The van der Waals surface area contributed by atoms with Gasteiger partial charge in [-0.1, -0.05) is 0 Å². The van der Waals surface area contributed by atoms with E-state index < -0.39 is 9.84 Å². The predicted octanol–water partition coefficient (Wildman–Crippen LogP) is 2.39. The highest BCUT2D eigenvalue weighted by Crippen LogP contribution is 2.45. The molecule has 0 aliphatic carbocycles. The molecule has 0 spiro atoms. The highest BCUT2D eigenvalue weighted by molar-refractivity contribution is 8.00. The van der Waals surface area contributed by atoms with Crippen LogP contribution in [0, 0.1) is 6.92 Å². The Bertz CT molecular complexity index is 887. The average Bonchev–Trinajstić information content (AvgIpc) is 3.20. The van der Waals surface area contributed by atoms with E-state index in [-0.39, 0.29) is 28.7 Å². The Morgan fingerprint density at radius 2 is 2.25 bits per heavy atom. The zero-order valence-electron chi connectivity index (χ0n) is 13.1. The van der Waals surface area contributed by atoms with E-state index in [1.54, 1.807) is 27.8 Å². The number of anilines is 1. The number of hydrogen-bond acceptors (Lipinski definition) is 6. The van der Waals surface area contributed by atoms with Crippen molar-refractivity contribution in [3.8, 4) is 0 Å². The van der Waals surface area contributed by atoms with Gasteiger partial charge in [0.1, 0.15) is 5.82 Å². The molecule has 6 nitrogen and oxygen atoms in total. The lowest BCUT2D eigenvalue weighted by molar-refractivity contribution is -0.113. The second kappa shape index (κ2) is 5.89. The molecule has 2 atom stereocenters. The molecule has 128 valence electrons. The van der Waals surface area contributed by atoms with Gasteiger partial charge < -0.3 is 5.32 Å². The number of nitrogens with one attached hydrogen (secondary N) is 1. The number of fused-ring (bicyclic) bond motifs is 1. The van der Waals surface area contributed by atoms with Crippen molar-refractivity contribution in [1.82, 2.24) is 9.78 Å². The molecule has 24 heavy (non-hydrogen) atoms. The smallest absolute Gasteiger partial charge is 0.235 e. The van der Waals surface area contributed by atoms with Crippen LogP contribution in [-0.2, 0) is 14.6 Å². The molecule has 0 aromatic carbocycles. The number of carbonyl (C=O) groups excluding carboxylic acids is 1. The van der Waals surface area contributed by atoms with Gasteiger partial charge >= 0.3 is 0 Å². The maximum Gasteiger partial charge on any atom is 0.235 e. The maximum absolute atomic E-state index is 12.2. The lowest BCUT2D eigenvalue weighted by Crippen LogP contribution is -2.20. The molecule has 9 heteroatoms. The van der Waals surface area contributed by atoms with Crippen molar-refractivity contribution < 1.29 is 13.2 Å². The van der Waals surface area contributed by atoms with Gasteiger partial charge in [0.2, 0.25) is 5.91 Å². The molecule has 2 aliphatic rings. The van der Waals surface area contributed by atoms with Gasteiger partial charge in [-0.25, -0.2) is 13.1 Å². The summed E-state index contributed by atoms with van der Waals surface area (Å²) in [5, 5.41) is 11.7. The summed E-state index contributed by atoms with van der Waals surface area (Å²) in [5.41, 5.74) is 3.00. The molecule has 1 N–H and O–H groups in total. The highest BCUT2D eigenvalue weighted by Gasteiger charge is 2.36. The fourth-order valence-electron chi connectivity index (χ4n) is 3.33. The summed E-state index contributed by atoms with van der Waals surface area (Å²) in [6.45, 7) is 1.93. The monoisotopic (exact) mass is 383 g/mol. The summed E-state index contributed by atoms with van der Waals surface area (Å²) in [4.78, 5) is 12.2. The molecule has 1 saturated heterocycles. The summed E-state index contributed by atoms with van der Waals surface area (Å²) in [6.07, 6.45) is 0.544. The number of carbonyl (C=O) groups is 1. The van der Waals surface area contributed by atoms with Gasteiger partial charge in [0.05, 0.1) is 34.2 Å². The molecule has 0 radical (unpaired) electrons. The zero-order chi connectivity index (χ0) is 16.9. The molecule has 2 aromatic heterocycles. The Hall–Kier alpha value is -1.32. The molecule has 4 rings (SSSR count). The van der Waals surface area contributed by atoms with Gasteiger partial charge in [0.25, 0.3) is 0 Å². The van der Waals surface area contributed by atoms with E-state index in [0.29, 0.717) is 18.0 Å². The van der Waals surface area contributed by atoms with Crippen molar-refractivity contribution in [2.24, 2.45) is 0 Å². The fraction of sp³-hybridized carbons (Fsp3) is 0.467. The second-order valence-corrected chi connectivity index (χ2v) is 10.2. The predicted molar refractivity (Wildman–Crippen MR) is 96.5 cm³/mol. The number of thiophene rings is 1. The molecule has 1 fully saturated rings. The van der Waals surface area contributed by atoms with Crippen molar-refractivity contribution in [2.75, 3.05) is 22.6 Å². The quantitative estimate of drug-likeness (QED) is 0.861. The summed E-state index contributed by atoms with van der Waals surface area (Å²) >= 11 is 3.21. The minimum Gasteiger partial charge on any atom is -0.310 e.